The third-order valence-corrected chi connectivity index (χ3v) is 14.8. The average Bonchev–Trinajstić information content (AvgIpc) is 4.14. The van der Waals surface area contributed by atoms with Crippen LogP contribution in [0.15, 0.2) is 58.6 Å². The van der Waals surface area contributed by atoms with Gasteiger partial charge >= 0.3 is 0 Å². The number of nitrogens with zero attached hydrogens (tertiary/aromatic N) is 8. The molecule has 0 bridgehead atoms. The van der Waals surface area contributed by atoms with Crippen LogP contribution in [0.25, 0.3) is 32.5 Å². The van der Waals surface area contributed by atoms with Gasteiger partial charge in [-0.1, -0.05) is 48.8 Å². The number of aryl methyl sites for hydroxylation is 2. The zero-order valence-corrected chi connectivity index (χ0v) is 44.6. The van der Waals surface area contributed by atoms with Gasteiger partial charge in [-0.3, -0.25) is 19.2 Å². The van der Waals surface area contributed by atoms with E-state index in [1.807, 2.05) is 43.9 Å². The van der Waals surface area contributed by atoms with Gasteiger partial charge in [0.1, 0.15) is 53.0 Å². The highest BCUT2D eigenvalue weighted by atomic mass is 35.5. The van der Waals surface area contributed by atoms with Crippen molar-refractivity contribution >= 4 is 69.2 Å². The van der Waals surface area contributed by atoms with Crippen molar-refractivity contribution < 1.29 is 52.2 Å². The largest absolute Gasteiger partial charge is 0.507 e. The van der Waals surface area contributed by atoms with Crippen LogP contribution in [-0.2, 0) is 30.5 Å². The highest BCUT2D eigenvalue weighted by molar-refractivity contribution is 7.13. The summed E-state index contributed by atoms with van der Waals surface area (Å²) in [4.78, 5) is 74.1. The molecule has 23 heteroatoms. The quantitative estimate of drug-likeness (QED) is 0.0583. The van der Waals surface area contributed by atoms with Gasteiger partial charge in [0, 0.05) is 102 Å². The van der Waals surface area contributed by atoms with E-state index in [1.165, 1.54) is 46.3 Å². The van der Waals surface area contributed by atoms with Crippen molar-refractivity contribution in [1.82, 2.24) is 40.1 Å². The number of aromatic nitrogens is 4. The van der Waals surface area contributed by atoms with Gasteiger partial charge in [0.25, 0.3) is 0 Å². The third-order valence-electron chi connectivity index (χ3n) is 13.5. The highest BCUT2D eigenvalue weighted by Crippen LogP contribution is 2.43. The maximum Gasteiger partial charge on any atom is 0.243 e. The molecule has 4 N–H and O–H groups in total. The number of aliphatic hydroxyl groups is 1. The average molecular weight is 1090 g/mol. The first-order valence-electron chi connectivity index (χ1n) is 25.0. The monoisotopic (exact) mass is 1090 g/mol. The molecule has 8 rings (SSSR count). The molecular formula is C53H61ClF2N10O9S. The number of likely N-dealkylation sites (tertiary alicyclic amines) is 1. The zero-order chi connectivity index (χ0) is 54.4. The SMILES string of the molecule is CC(=O)N1CCN(c2nc(NCCC(=O)N(C)CCOCCOc3cc(-c4scnc4C)ccc3CNC(=O)[C@@H]3C[C@@H](O)CN3C(=O)[C@H](c3cc(C)no3)C(C)C)nc3c(F)c(-c4c(O)cccc4F)c(Cl)cc23)CC1. The van der Waals surface area contributed by atoms with Crippen molar-refractivity contribution in [1.29, 1.82) is 0 Å². The number of nitrogens with one attached hydrogen (secondary N) is 2. The number of benzene rings is 3. The number of carbonyl (C=O) groups is 4. The number of β-amino-alcohol motifs (C(OH)–C–C–N with tert-alkyl or cyclic N) is 1. The van der Waals surface area contributed by atoms with Crippen molar-refractivity contribution in [3.8, 4) is 33.1 Å². The number of phenolic OH excluding ortho intramolecular Hbond substituents is 1. The maximum absolute atomic E-state index is 16.6. The second-order valence-corrected chi connectivity index (χ2v) is 20.5. The predicted molar refractivity (Wildman–Crippen MR) is 282 cm³/mol. The second-order valence-electron chi connectivity index (χ2n) is 19.2. The van der Waals surface area contributed by atoms with Crippen LogP contribution in [0.1, 0.15) is 62.2 Å². The van der Waals surface area contributed by atoms with Gasteiger partial charge in [-0.05, 0) is 49.6 Å². The van der Waals surface area contributed by atoms with Crippen LogP contribution in [0.2, 0.25) is 5.02 Å². The summed E-state index contributed by atoms with van der Waals surface area (Å²) in [5.41, 5.74) is 3.84. The van der Waals surface area contributed by atoms with Gasteiger partial charge in [0.05, 0.1) is 51.7 Å². The Balaban J connectivity index is 0.863. The van der Waals surface area contributed by atoms with E-state index in [1.54, 1.807) is 30.4 Å². The van der Waals surface area contributed by atoms with Crippen LogP contribution in [0.5, 0.6) is 11.5 Å². The number of aliphatic hydroxyl groups excluding tert-OH is 1. The number of rotatable bonds is 20. The molecule has 3 atom stereocenters. The topological polar surface area (TPSA) is 229 Å². The maximum atomic E-state index is 16.6. The summed E-state index contributed by atoms with van der Waals surface area (Å²) in [5, 5.41) is 31.2. The number of hydrogen-bond acceptors (Lipinski definition) is 16. The van der Waals surface area contributed by atoms with Crippen molar-refractivity contribution in [2.45, 2.75) is 72.1 Å². The Kier molecular flexibility index (Phi) is 17.7. The van der Waals surface area contributed by atoms with Crippen molar-refractivity contribution in [3.05, 3.63) is 93.4 Å². The number of likely N-dealkylation sites (N-methyl/N-ethyl adjacent to an activating group) is 1. The third kappa shape index (κ3) is 12.5. The summed E-state index contributed by atoms with van der Waals surface area (Å²) in [6, 6.07) is 11.5. The van der Waals surface area contributed by atoms with Crippen LogP contribution in [0, 0.1) is 31.4 Å². The van der Waals surface area contributed by atoms with Crippen LogP contribution >= 0.6 is 22.9 Å². The van der Waals surface area contributed by atoms with E-state index in [0.717, 1.165) is 22.2 Å². The molecule has 6 aromatic rings. The molecule has 76 heavy (non-hydrogen) atoms. The number of anilines is 2. The lowest BCUT2D eigenvalue weighted by Crippen LogP contribution is -2.48. The molecule has 0 spiro atoms. The predicted octanol–water partition coefficient (Wildman–Crippen LogP) is 6.70. The van der Waals surface area contributed by atoms with E-state index in [-0.39, 0.29) is 110 Å². The molecule has 2 aliphatic rings. The molecule has 2 saturated heterocycles. The van der Waals surface area contributed by atoms with Crippen LogP contribution in [0.4, 0.5) is 20.5 Å². The van der Waals surface area contributed by atoms with Crippen molar-refractivity contribution in [2.24, 2.45) is 5.92 Å². The Bertz CT molecular complexity index is 3080. The molecule has 0 radical (unpaired) electrons. The number of amides is 4. The van der Waals surface area contributed by atoms with E-state index in [4.69, 9.17) is 30.6 Å². The Morgan fingerprint density at radius 3 is 2.47 bits per heavy atom. The highest BCUT2D eigenvalue weighted by Gasteiger charge is 2.43. The normalized spacial score (nSPS) is 16.1. The molecule has 5 heterocycles. The minimum atomic E-state index is -0.971. The number of fused-ring (bicyclic) bond motifs is 1. The van der Waals surface area contributed by atoms with Gasteiger partial charge < -0.3 is 54.4 Å². The van der Waals surface area contributed by atoms with Gasteiger partial charge in [-0.2, -0.15) is 4.98 Å². The summed E-state index contributed by atoms with van der Waals surface area (Å²) >= 11 is 8.08. The van der Waals surface area contributed by atoms with Gasteiger partial charge in [-0.25, -0.2) is 18.7 Å². The molecular weight excluding hydrogens is 1030 g/mol. The standard InChI is InChI=1S/C53H61ClF2N10O9S/c1-29(2)44(42-22-30(3)62-75-42)52(72)66-27-35(68)24-39(66)51(71)58-26-34-11-10-33(49-31(4)59-28-76-49)23-41(34)74-21-20-73-19-18-63(6)43(70)12-13-57-53-60-48-36(50(61-53)65-16-14-64(15-17-65)32(5)67)25-37(54)45(47(48)56)46-38(55)8-7-9-40(46)69/h7-11,22-23,25,28-29,35,39,44,68-69H,12-21,24,26-27H2,1-6H3,(H,58,71)(H,57,60,61)/t35-,39+,44+/m1/s1. The number of ether oxygens (including phenoxy) is 2. The molecule has 3 aromatic heterocycles. The molecule has 3 aromatic carbocycles. The van der Waals surface area contributed by atoms with Gasteiger partial charge in [0.2, 0.25) is 29.6 Å². The van der Waals surface area contributed by atoms with E-state index < -0.39 is 46.9 Å². The number of hydrogen-bond donors (Lipinski definition) is 4. The Morgan fingerprint density at radius 1 is 1.01 bits per heavy atom. The Morgan fingerprint density at radius 2 is 1.79 bits per heavy atom. The first kappa shape index (κ1) is 55.2. The lowest BCUT2D eigenvalue weighted by atomic mass is 9.91. The fourth-order valence-electron chi connectivity index (χ4n) is 9.44. The molecule has 19 nitrogen and oxygen atoms in total. The fraction of sp³-hybridized carbons (Fsp3) is 0.434. The number of phenols is 1. The van der Waals surface area contributed by atoms with Gasteiger partial charge in [0.15, 0.2) is 5.82 Å². The van der Waals surface area contributed by atoms with Crippen molar-refractivity contribution in [2.75, 3.05) is 82.9 Å². The van der Waals surface area contributed by atoms with Crippen LogP contribution < -0.4 is 20.3 Å². The number of halogens is 3. The first-order chi connectivity index (χ1) is 36.4. The molecule has 0 unspecified atom stereocenters. The minimum absolute atomic E-state index is 0.000250. The van der Waals surface area contributed by atoms with E-state index >= 15 is 8.78 Å². The van der Waals surface area contributed by atoms with Crippen LogP contribution in [-0.4, -0.2) is 153 Å². The zero-order valence-electron chi connectivity index (χ0n) is 43.1. The Hall–Kier alpha value is -7.01. The molecule has 404 valence electrons. The molecule has 2 fully saturated rings. The molecule has 2 aliphatic heterocycles. The smallest absolute Gasteiger partial charge is 0.243 e. The van der Waals surface area contributed by atoms with Crippen LogP contribution in [0.3, 0.4) is 0 Å². The molecule has 0 aliphatic carbocycles. The fourth-order valence-corrected chi connectivity index (χ4v) is 10.5. The minimum Gasteiger partial charge on any atom is -0.507 e. The summed E-state index contributed by atoms with van der Waals surface area (Å²) in [7, 11) is 1.64. The van der Waals surface area contributed by atoms with E-state index in [9.17, 15) is 29.4 Å². The van der Waals surface area contributed by atoms with Crippen molar-refractivity contribution in [3.63, 3.8) is 0 Å². The lowest BCUT2D eigenvalue weighted by molar-refractivity contribution is -0.141. The number of aromatic hydroxyl groups is 1. The van der Waals surface area contributed by atoms with E-state index in [0.29, 0.717) is 54.8 Å². The summed E-state index contributed by atoms with van der Waals surface area (Å²) < 4.78 is 49.2. The number of carbonyl (C=O) groups excluding carboxylic acids is 4. The second kappa shape index (κ2) is 24.3. The summed E-state index contributed by atoms with van der Waals surface area (Å²) in [5.74, 6) is -3.00. The molecule has 0 saturated carbocycles. The first-order valence-corrected chi connectivity index (χ1v) is 26.2. The summed E-state index contributed by atoms with van der Waals surface area (Å²) in [6.45, 7) is 11.4. The molecule has 4 amide bonds. The van der Waals surface area contributed by atoms with E-state index in [2.05, 4.69) is 25.8 Å². The van der Waals surface area contributed by atoms with Gasteiger partial charge in [-0.15, -0.1) is 11.3 Å². The lowest BCUT2D eigenvalue weighted by Gasteiger charge is -2.35. The number of thiazole rings is 1. The summed E-state index contributed by atoms with van der Waals surface area (Å²) in [6.07, 6.45) is -0.785. The Labute approximate surface area is 447 Å². The number of piperazine rings is 1.